The number of carbonyl (C=O) groups excluding carboxylic acids is 1. The fourth-order valence-electron chi connectivity index (χ4n) is 1.09. The zero-order chi connectivity index (χ0) is 14.5. The number of nitrogens with one attached hydrogen (secondary N) is 1. The Balaban J connectivity index is 2.72. The van der Waals surface area contributed by atoms with E-state index in [-0.39, 0.29) is 29.0 Å². The molecule has 0 radical (unpaired) electrons. The molecular formula is C9H11Cl2N3O4S. The molecular weight excluding hydrogens is 317 g/mol. The molecule has 1 N–H and O–H groups in total. The lowest BCUT2D eigenvalue weighted by Crippen LogP contribution is -2.20. The first-order valence-corrected chi connectivity index (χ1v) is 7.58. The van der Waals surface area contributed by atoms with Crippen molar-refractivity contribution in [3.63, 3.8) is 0 Å². The number of carbonyl (C=O) groups is 1. The molecule has 0 aromatic carbocycles. The van der Waals surface area contributed by atoms with E-state index in [1.165, 1.54) is 0 Å². The molecule has 0 amide bonds. The highest BCUT2D eigenvalue weighted by Crippen LogP contribution is 2.26. The number of hydrogen-bond donors (Lipinski definition) is 1. The Labute approximate surface area is 120 Å². The second-order valence-corrected chi connectivity index (χ2v) is 5.86. The molecule has 0 aliphatic rings. The minimum Gasteiger partial charge on any atom is -0.466 e. The Morgan fingerprint density at radius 2 is 1.95 bits per heavy atom. The maximum absolute atomic E-state index is 11.7. The number of halogens is 2. The summed E-state index contributed by atoms with van der Waals surface area (Å²) in [5, 5.41) is -0.251. The average Bonchev–Trinajstić information content (AvgIpc) is 2.32. The average molecular weight is 328 g/mol. The second kappa shape index (κ2) is 6.88. The first-order valence-electron chi connectivity index (χ1n) is 5.18. The molecule has 7 nitrogen and oxygen atoms in total. The molecule has 1 aromatic rings. The highest BCUT2D eigenvalue weighted by molar-refractivity contribution is 7.92. The van der Waals surface area contributed by atoms with Crippen LogP contribution in [0.1, 0.15) is 13.3 Å². The maximum atomic E-state index is 11.7. The van der Waals surface area contributed by atoms with E-state index in [0.717, 1.165) is 6.33 Å². The van der Waals surface area contributed by atoms with Crippen molar-refractivity contribution in [2.24, 2.45) is 0 Å². The van der Waals surface area contributed by atoms with Gasteiger partial charge in [-0.05, 0) is 6.92 Å². The van der Waals surface area contributed by atoms with Crippen LogP contribution in [-0.2, 0) is 19.6 Å². The third kappa shape index (κ3) is 5.17. The van der Waals surface area contributed by atoms with Gasteiger partial charge < -0.3 is 4.74 Å². The number of sulfonamides is 1. The minimum atomic E-state index is -3.79. The molecule has 1 heterocycles. The van der Waals surface area contributed by atoms with Gasteiger partial charge in [0.25, 0.3) is 0 Å². The predicted molar refractivity (Wildman–Crippen MR) is 70.7 cm³/mol. The van der Waals surface area contributed by atoms with E-state index >= 15 is 0 Å². The molecule has 0 aliphatic heterocycles. The monoisotopic (exact) mass is 327 g/mol. The van der Waals surface area contributed by atoms with Gasteiger partial charge in [0.1, 0.15) is 12.0 Å². The van der Waals surface area contributed by atoms with Crippen LogP contribution in [0.2, 0.25) is 10.3 Å². The van der Waals surface area contributed by atoms with Crippen LogP contribution < -0.4 is 4.72 Å². The standard InChI is InChI=1S/C9H11Cl2N3O4S/c1-2-18-6(15)3-4-19(16,17)14-7-8(10)12-5-13-9(7)11/h5,14H,2-4H2,1H3. The first kappa shape index (κ1) is 15.9. The van der Waals surface area contributed by atoms with Gasteiger partial charge in [0.2, 0.25) is 10.0 Å². The van der Waals surface area contributed by atoms with Gasteiger partial charge in [0, 0.05) is 0 Å². The van der Waals surface area contributed by atoms with Crippen molar-refractivity contribution >= 4 is 44.9 Å². The van der Waals surface area contributed by atoms with E-state index in [1.807, 2.05) is 0 Å². The van der Waals surface area contributed by atoms with E-state index in [9.17, 15) is 13.2 Å². The van der Waals surface area contributed by atoms with Crippen molar-refractivity contribution in [2.45, 2.75) is 13.3 Å². The molecule has 19 heavy (non-hydrogen) atoms. The van der Waals surface area contributed by atoms with Gasteiger partial charge in [-0.25, -0.2) is 18.4 Å². The lowest BCUT2D eigenvalue weighted by atomic mass is 10.5. The van der Waals surface area contributed by atoms with E-state index in [0.29, 0.717) is 0 Å². The highest BCUT2D eigenvalue weighted by atomic mass is 35.5. The smallest absolute Gasteiger partial charge is 0.306 e. The van der Waals surface area contributed by atoms with Crippen LogP contribution in [0.25, 0.3) is 0 Å². The van der Waals surface area contributed by atoms with Crippen LogP contribution in [0.15, 0.2) is 6.33 Å². The lowest BCUT2D eigenvalue weighted by Gasteiger charge is -2.09. The Morgan fingerprint density at radius 3 is 2.47 bits per heavy atom. The number of anilines is 1. The number of aromatic nitrogens is 2. The molecule has 0 saturated carbocycles. The van der Waals surface area contributed by atoms with Crippen molar-refractivity contribution in [3.8, 4) is 0 Å². The largest absolute Gasteiger partial charge is 0.466 e. The summed E-state index contributed by atoms with van der Waals surface area (Å²) < 4.78 is 30.2. The van der Waals surface area contributed by atoms with Gasteiger partial charge in [-0.3, -0.25) is 9.52 Å². The van der Waals surface area contributed by atoms with Gasteiger partial charge in [-0.2, -0.15) is 0 Å². The topological polar surface area (TPSA) is 98.2 Å². The Hall–Kier alpha value is -1.12. The predicted octanol–water partition coefficient (Wildman–Crippen LogP) is 1.48. The second-order valence-electron chi connectivity index (χ2n) is 3.31. The van der Waals surface area contributed by atoms with Crippen LogP contribution in [0.3, 0.4) is 0 Å². The molecule has 0 atom stereocenters. The summed E-state index contributed by atoms with van der Waals surface area (Å²) in [4.78, 5) is 18.3. The zero-order valence-electron chi connectivity index (χ0n) is 9.89. The van der Waals surface area contributed by atoms with E-state index in [1.54, 1.807) is 6.92 Å². The van der Waals surface area contributed by atoms with Crippen molar-refractivity contribution < 1.29 is 17.9 Å². The fourth-order valence-corrected chi connectivity index (χ4v) is 2.65. The Kier molecular flexibility index (Phi) is 5.77. The van der Waals surface area contributed by atoms with Gasteiger partial charge >= 0.3 is 5.97 Å². The normalized spacial score (nSPS) is 11.1. The molecule has 0 saturated heterocycles. The van der Waals surface area contributed by atoms with Crippen molar-refractivity contribution in [1.82, 2.24) is 9.97 Å². The molecule has 106 valence electrons. The Bertz CT molecular complexity index is 544. The SMILES string of the molecule is CCOC(=O)CCS(=O)(=O)Nc1c(Cl)ncnc1Cl. The molecule has 0 unspecified atom stereocenters. The van der Waals surface area contributed by atoms with Gasteiger partial charge in [0.15, 0.2) is 10.3 Å². The quantitative estimate of drug-likeness (QED) is 0.627. The van der Waals surface area contributed by atoms with Crippen LogP contribution in [0.5, 0.6) is 0 Å². The minimum absolute atomic E-state index is 0.116. The summed E-state index contributed by atoms with van der Waals surface area (Å²) in [6.45, 7) is 1.82. The number of ether oxygens (including phenoxy) is 1. The summed E-state index contributed by atoms with van der Waals surface area (Å²) in [5.41, 5.74) is -0.116. The van der Waals surface area contributed by atoms with Crippen LogP contribution in [-0.4, -0.2) is 36.7 Å². The van der Waals surface area contributed by atoms with Crippen molar-refractivity contribution in [2.75, 3.05) is 17.1 Å². The van der Waals surface area contributed by atoms with Crippen LogP contribution >= 0.6 is 23.2 Å². The van der Waals surface area contributed by atoms with Gasteiger partial charge in [-0.15, -0.1) is 0 Å². The maximum Gasteiger partial charge on any atom is 0.306 e. The number of hydrogen-bond acceptors (Lipinski definition) is 6. The fraction of sp³-hybridized carbons (Fsp3) is 0.444. The third-order valence-electron chi connectivity index (χ3n) is 1.89. The molecule has 10 heteroatoms. The summed E-state index contributed by atoms with van der Waals surface area (Å²) in [6, 6.07) is 0. The summed E-state index contributed by atoms with van der Waals surface area (Å²) in [7, 11) is -3.79. The lowest BCUT2D eigenvalue weighted by molar-refractivity contribution is -0.142. The number of esters is 1. The first-order chi connectivity index (χ1) is 8.85. The van der Waals surface area contributed by atoms with E-state index < -0.39 is 21.7 Å². The van der Waals surface area contributed by atoms with Crippen molar-refractivity contribution in [1.29, 1.82) is 0 Å². The van der Waals surface area contributed by atoms with Crippen molar-refractivity contribution in [3.05, 3.63) is 16.6 Å². The third-order valence-corrected chi connectivity index (χ3v) is 3.72. The summed E-state index contributed by atoms with van der Waals surface area (Å²) in [5.74, 6) is -1.05. The molecule has 1 rings (SSSR count). The summed E-state index contributed by atoms with van der Waals surface area (Å²) >= 11 is 11.4. The van der Waals surface area contributed by atoms with E-state index in [2.05, 4.69) is 19.4 Å². The molecule has 1 aromatic heterocycles. The number of nitrogens with zero attached hydrogens (tertiary/aromatic N) is 2. The Morgan fingerprint density at radius 1 is 1.37 bits per heavy atom. The molecule has 0 spiro atoms. The highest BCUT2D eigenvalue weighted by Gasteiger charge is 2.18. The summed E-state index contributed by atoms with van der Waals surface area (Å²) in [6.07, 6.45) is 0.827. The van der Waals surface area contributed by atoms with Crippen LogP contribution in [0, 0.1) is 0 Å². The van der Waals surface area contributed by atoms with Gasteiger partial charge in [0.05, 0.1) is 18.8 Å². The van der Waals surface area contributed by atoms with Crippen LogP contribution in [0.4, 0.5) is 5.69 Å². The molecule has 0 bridgehead atoms. The number of rotatable bonds is 6. The molecule has 0 aliphatic carbocycles. The van der Waals surface area contributed by atoms with Gasteiger partial charge in [-0.1, -0.05) is 23.2 Å². The molecule has 0 fully saturated rings. The van der Waals surface area contributed by atoms with E-state index in [4.69, 9.17) is 23.2 Å². The zero-order valence-corrected chi connectivity index (χ0v) is 12.2.